The van der Waals surface area contributed by atoms with Gasteiger partial charge in [0.2, 0.25) is 0 Å². The molecule has 3 rings (SSSR count). The topological polar surface area (TPSA) is 170 Å². The van der Waals surface area contributed by atoms with E-state index in [0.717, 1.165) is 6.07 Å². The van der Waals surface area contributed by atoms with Gasteiger partial charge < -0.3 is 20.2 Å². The van der Waals surface area contributed by atoms with Crippen LogP contribution in [0.3, 0.4) is 0 Å². The summed E-state index contributed by atoms with van der Waals surface area (Å²) in [4.78, 5) is 50.8. The van der Waals surface area contributed by atoms with Crippen molar-refractivity contribution in [3.8, 4) is 0 Å². The van der Waals surface area contributed by atoms with Crippen LogP contribution in [0.5, 0.6) is 0 Å². The number of halogens is 1. The number of carboxylic acid groups (broad SMARTS) is 1. The molecule has 0 unspecified atom stereocenters. The van der Waals surface area contributed by atoms with E-state index in [-0.39, 0.29) is 54.2 Å². The van der Waals surface area contributed by atoms with E-state index in [1.807, 2.05) is 0 Å². The molecule has 140 valence electrons. The van der Waals surface area contributed by atoms with Gasteiger partial charge in [-0.25, -0.2) is 0 Å². The summed E-state index contributed by atoms with van der Waals surface area (Å²) in [6.07, 6.45) is -0.823. The van der Waals surface area contributed by atoms with Crippen molar-refractivity contribution >= 4 is 35.1 Å². The number of nitro groups is 1. The van der Waals surface area contributed by atoms with Gasteiger partial charge in [-0.1, -0.05) is 0 Å². The number of H-pyrrole nitrogens is 2. The first-order valence-electron chi connectivity index (χ1n) is 7.36. The number of aromatic amines is 2. The molecular weight excluding hydrogens is 372 g/mol. The number of aromatic nitrogens is 2. The molecule has 0 saturated carbocycles. The van der Waals surface area contributed by atoms with Gasteiger partial charge in [-0.15, -0.1) is 12.4 Å². The third-order valence-electron chi connectivity index (χ3n) is 4.21. The van der Waals surface area contributed by atoms with E-state index in [1.165, 1.54) is 11.0 Å². The normalized spacial score (nSPS) is 20.0. The Hall–Kier alpha value is -2.76. The second-order valence-corrected chi connectivity index (χ2v) is 5.80. The standard InChI is InChI=1S/C14H14N4O7.ClH/c19-10-1-2-17(11(10)14(22)23)5-6-3-7-8(4-9(6)18(24)25)16-13(21)12(20)15-7;/h3-4,10-11,19H,1-2,5H2,(H,15,20)(H,16,21)(H,22,23);1H/t10-,11-;/m1./s1. The number of nitrogens with one attached hydrogen (secondary N) is 2. The van der Waals surface area contributed by atoms with Crippen molar-refractivity contribution in [3.63, 3.8) is 0 Å². The minimum atomic E-state index is -1.22. The fraction of sp³-hybridized carbons (Fsp3) is 0.357. The average Bonchev–Trinajstić information content (AvgIpc) is 2.89. The van der Waals surface area contributed by atoms with Crippen molar-refractivity contribution in [2.45, 2.75) is 25.1 Å². The van der Waals surface area contributed by atoms with Crippen molar-refractivity contribution in [1.82, 2.24) is 14.9 Å². The zero-order valence-electron chi connectivity index (χ0n) is 13.2. The molecule has 2 heterocycles. The molecule has 0 aliphatic carbocycles. The molecule has 1 fully saturated rings. The Morgan fingerprint density at radius 1 is 1.27 bits per heavy atom. The third-order valence-corrected chi connectivity index (χ3v) is 4.21. The van der Waals surface area contributed by atoms with Gasteiger partial charge >= 0.3 is 17.1 Å². The molecule has 1 aromatic carbocycles. The summed E-state index contributed by atoms with van der Waals surface area (Å²) in [5, 5.41) is 30.3. The zero-order chi connectivity index (χ0) is 18.3. The summed E-state index contributed by atoms with van der Waals surface area (Å²) in [7, 11) is 0. The molecule has 0 radical (unpaired) electrons. The van der Waals surface area contributed by atoms with Crippen LogP contribution in [0.15, 0.2) is 21.7 Å². The summed E-state index contributed by atoms with van der Waals surface area (Å²) >= 11 is 0. The maximum absolute atomic E-state index is 11.4. The van der Waals surface area contributed by atoms with E-state index in [2.05, 4.69) is 9.97 Å². The van der Waals surface area contributed by atoms with E-state index in [0.29, 0.717) is 0 Å². The highest BCUT2D eigenvalue weighted by molar-refractivity contribution is 5.85. The summed E-state index contributed by atoms with van der Waals surface area (Å²) < 4.78 is 0. The molecule has 1 aromatic heterocycles. The predicted molar refractivity (Wildman–Crippen MR) is 91.5 cm³/mol. The van der Waals surface area contributed by atoms with E-state index in [9.17, 15) is 34.7 Å². The summed E-state index contributed by atoms with van der Waals surface area (Å²) in [6, 6.07) is 1.28. The van der Waals surface area contributed by atoms with Crippen molar-refractivity contribution < 1.29 is 19.9 Å². The van der Waals surface area contributed by atoms with Gasteiger partial charge in [-0.2, -0.15) is 0 Å². The van der Waals surface area contributed by atoms with Gasteiger partial charge in [0.25, 0.3) is 5.69 Å². The number of fused-ring (bicyclic) bond motifs is 1. The van der Waals surface area contributed by atoms with E-state index in [1.54, 1.807) is 0 Å². The first kappa shape index (κ1) is 19.6. The molecular formula is C14H15ClN4O7. The molecule has 11 nitrogen and oxygen atoms in total. The van der Waals surface area contributed by atoms with Crippen LogP contribution in [0.25, 0.3) is 11.0 Å². The maximum Gasteiger partial charge on any atom is 0.323 e. The number of hydrogen-bond donors (Lipinski definition) is 4. The number of aliphatic carboxylic acids is 1. The molecule has 26 heavy (non-hydrogen) atoms. The third kappa shape index (κ3) is 3.45. The quantitative estimate of drug-likeness (QED) is 0.311. The number of hydrogen-bond acceptors (Lipinski definition) is 7. The van der Waals surface area contributed by atoms with E-state index >= 15 is 0 Å². The smallest absolute Gasteiger partial charge is 0.323 e. The minimum absolute atomic E-state index is 0. The van der Waals surface area contributed by atoms with Crippen LogP contribution in [-0.2, 0) is 11.3 Å². The summed E-state index contributed by atoms with van der Waals surface area (Å²) in [6.45, 7) is 0.164. The molecule has 1 aliphatic rings. The first-order chi connectivity index (χ1) is 11.8. The van der Waals surface area contributed by atoms with E-state index < -0.39 is 34.2 Å². The Kier molecular flexibility index (Phi) is 5.44. The number of rotatable bonds is 4. The molecule has 1 saturated heterocycles. The van der Waals surface area contributed by atoms with Crippen LogP contribution in [0.4, 0.5) is 5.69 Å². The van der Waals surface area contributed by atoms with Crippen LogP contribution in [-0.4, -0.2) is 54.7 Å². The lowest BCUT2D eigenvalue weighted by Gasteiger charge is -2.22. The maximum atomic E-state index is 11.4. The Labute approximate surface area is 150 Å². The summed E-state index contributed by atoms with van der Waals surface area (Å²) in [5.74, 6) is -1.22. The second kappa shape index (κ2) is 7.23. The largest absolute Gasteiger partial charge is 0.480 e. The van der Waals surface area contributed by atoms with E-state index in [4.69, 9.17) is 0 Å². The molecule has 2 aromatic rings. The fourth-order valence-corrected chi connectivity index (χ4v) is 3.05. The number of likely N-dealkylation sites (tertiary alicyclic amines) is 1. The van der Waals surface area contributed by atoms with Crippen LogP contribution < -0.4 is 11.1 Å². The molecule has 4 N–H and O–H groups in total. The molecule has 0 spiro atoms. The van der Waals surface area contributed by atoms with Gasteiger partial charge in [0.05, 0.1) is 22.1 Å². The summed E-state index contributed by atoms with van der Waals surface area (Å²) in [5.41, 5.74) is -1.69. The number of carboxylic acids is 1. The molecule has 0 amide bonds. The molecule has 0 bridgehead atoms. The fourth-order valence-electron chi connectivity index (χ4n) is 3.05. The van der Waals surface area contributed by atoms with Gasteiger partial charge in [-0.05, 0) is 12.5 Å². The second-order valence-electron chi connectivity index (χ2n) is 5.80. The predicted octanol–water partition coefficient (Wildman–Crippen LogP) is -0.434. The molecule has 12 heteroatoms. The Morgan fingerprint density at radius 2 is 1.85 bits per heavy atom. The zero-order valence-corrected chi connectivity index (χ0v) is 14.0. The van der Waals surface area contributed by atoms with Crippen molar-refractivity contribution in [3.05, 3.63) is 48.5 Å². The lowest BCUT2D eigenvalue weighted by molar-refractivity contribution is -0.385. The van der Waals surface area contributed by atoms with Crippen LogP contribution in [0.2, 0.25) is 0 Å². The SMILES string of the molecule is Cl.O=C(O)[C@H]1[C@H](O)CCN1Cc1cc2[nH]c(=O)c(=O)[nH]c2cc1[N+](=O)[O-]. The number of aliphatic hydroxyl groups is 1. The van der Waals surface area contributed by atoms with Crippen molar-refractivity contribution in [2.24, 2.45) is 0 Å². The van der Waals surface area contributed by atoms with Crippen LogP contribution in [0, 0.1) is 10.1 Å². The Morgan fingerprint density at radius 3 is 2.38 bits per heavy atom. The monoisotopic (exact) mass is 386 g/mol. The van der Waals surface area contributed by atoms with Crippen LogP contribution >= 0.6 is 12.4 Å². The molecule has 2 atom stereocenters. The van der Waals surface area contributed by atoms with Gasteiger partial charge in [-0.3, -0.25) is 29.4 Å². The first-order valence-corrected chi connectivity index (χ1v) is 7.36. The highest BCUT2D eigenvalue weighted by Gasteiger charge is 2.39. The van der Waals surface area contributed by atoms with Crippen molar-refractivity contribution in [1.29, 1.82) is 0 Å². The number of nitrogens with zero attached hydrogens (tertiary/aromatic N) is 2. The van der Waals surface area contributed by atoms with Gasteiger partial charge in [0.1, 0.15) is 6.04 Å². The lowest BCUT2D eigenvalue weighted by Crippen LogP contribution is -2.41. The van der Waals surface area contributed by atoms with Gasteiger partial charge in [0.15, 0.2) is 0 Å². The lowest BCUT2D eigenvalue weighted by atomic mass is 10.1. The Bertz CT molecular complexity index is 985. The highest BCUT2D eigenvalue weighted by Crippen LogP contribution is 2.28. The number of nitro benzene ring substituents is 1. The minimum Gasteiger partial charge on any atom is -0.480 e. The number of benzene rings is 1. The van der Waals surface area contributed by atoms with Gasteiger partial charge in [0, 0.05) is 24.7 Å². The van der Waals surface area contributed by atoms with Crippen molar-refractivity contribution in [2.75, 3.05) is 6.54 Å². The van der Waals surface area contributed by atoms with Crippen LogP contribution in [0.1, 0.15) is 12.0 Å². The Balaban J connectivity index is 0.00000243. The highest BCUT2D eigenvalue weighted by atomic mass is 35.5. The number of aliphatic hydroxyl groups excluding tert-OH is 1. The average molecular weight is 387 g/mol. The number of carbonyl (C=O) groups is 1. The molecule has 1 aliphatic heterocycles.